The van der Waals surface area contributed by atoms with E-state index in [1.165, 1.54) is 0 Å². The SMILES string of the molecule is CCCCC(=O)OCC(C)NC(=O)OC(C)(C)C. The minimum absolute atomic E-state index is 0.168. The largest absolute Gasteiger partial charge is 0.463 e. The first kappa shape index (κ1) is 16.7. The monoisotopic (exact) mass is 259 g/mol. The number of unbranched alkanes of at least 4 members (excludes halogenated alkanes) is 1. The van der Waals surface area contributed by atoms with E-state index in [0.717, 1.165) is 12.8 Å². The summed E-state index contributed by atoms with van der Waals surface area (Å²) in [6.07, 6.45) is 1.71. The van der Waals surface area contributed by atoms with Crippen molar-refractivity contribution in [2.24, 2.45) is 0 Å². The molecule has 1 N–H and O–H groups in total. The highest BCUT2D eigenvalue weighted by atomic mass is 16.6. The first-order chi connectivity index (χ1) is 8.24. The summed E-state index contributed by atoms with van der Waals surface area (Å²) in [5.41, 5.74) is -0.526. The number of carbonyl (C=O) groups is 2. The molecule has 0 aromatic heterocycles. The number of amides is 1. The van der Waals surface area contributed by atoms with Crippen molar-refractivity contribution in [2.75, 3.05) is 6.61 Å². The number of nitrogens with one attached hydrogen (secondary N) is 1. The van der Waals surface area contributed by atoms with Crippen molar-refractivity contribution in [2.45, 2.75) is 65.5 Å². The second-order valence-electron chi connectivity index (χ2n) is 5.33. The summed E-state index contributed by atoms with van der Waals surface area (Å²) in [6.45, 7) is 9.32. The third-order valence-electron chi connectivity index (χ3n) is 1.99. The minimum atomic E-state index is -0.526. The van der Waals surface area contributed by atoms with Crippen molar-refractivity contribution in [1.29, 1.82) is 0 Å². The van der Waals surface area contributed by atoms with Crippen LogP contribution in [0.15, 0.2) is 0 Å². The Morgan fingerprint density at radius 2 is 1.89 bits per heavy atom. The molecule has 18 heavy (non-hydrogen) atoms. The van der Waals surface area contributed by atoms with Crippen molar-refractivity contribution < 1.29 is 19.1 Å². The molecule has 0 rings (SSSR count). The Balaban J connectivity index is 3.80. The van der Waals surface area contributed by atoms with Gasteiger partial charge in [0.15, 0.2) is 0 Å². The average Bonchev–Trinajstić information content (AvgIpc) is 2.20. The molecule has 0 saturated heterocycles. The van der Waals surface area contributed by atoms with Gasteiger partial charge in [0.25, 0.3) is 0 Å². The van der Waals surface area contributed by atoms with Crippen LogP contribution in [0, 0.1) is 0 Å². The lowest BCUT2D eigenvalue weighted by molar-refractivity contribution is -0.144. The summed E-state index contributed by atoms with van der Waals surface area (Å²) in [7, 11) is 0. The zero-order valence-corrected chi connectivity index (χ0v) is 12.0. The van der Waals surface area contributed by atoms with Crippen LogP contribution >= 0.6 is 0 Å². The lowest BCUT2D eigenvalue weighted by Gasteiger charge is -2.21. The van der Waals surface area contributed by atoms with Gasteiger partial charge >= 0.3 is 12.1 Å². The first-order valence-electron chi connectivity index (χ1n) is 6.39. The number of carbonyl (C=O) groups excluding carboxylic acids is 2. The molecular weight excluding hydrogens is 234 g/mol. The molecule has 0 spiro atoms. The van der Waals surface area contributed by atoms with Crippen LogP contribution in [0.3, 0.4) is 0 Å². The van der Waals surface area contributed by atoms with E-state index in [4.69, 9.17) is 9.47 Å². The molecule has 106 valence electrons. The summed E-state index contributed by atoms with van der Waals surface area (Å²) in [5, 5.41) is 2.61. The molecule has 0 bridgehead atoms. The van der Waals surface area contributed by atoms with E-state index >= 15 is 0 Å². The fourth-order valence-electron chi connectivity index (χ4n) is 1.16. The average molecular weight is 259 g/mol. The molecule has 0 fully saturated rings. The number of esters is 1. The maximum absolute atomic E-state index is 11.4. The predicted octanol–water partition coefficient (Wildman–Crippen LogP) is 2.63. The summed E-state index contributed by atoms with van der Waals surface area (Å²) < 4.78 is 10.1. The number of hydrogen-bond acceptors (Lipinski definition) is 4. The quantitative estimate of drug-likeness (QED) is 0.745. The van der Waals surface area contributed by atoms with Gasteiger partial charge in [-0.2, -0.15) is 0 Å². The van der Waals surface area contributed by atoms with Crippen LogP contribution in [-0.4, -0.2) is 30.3 Å². The van der Waals surface area contributed by atoms with Gasteiger partial charge in [0, 0.05) is 6.42 Å². The van der Waals surface area contributed by atoms with E-state index in [2.05, 4.69) is 5.32 Å². The maximum Gasteiger partial charge on any atom is 0.407 e. The van der Waals surface area contributed by atoms with Gasteiger partial charge in [0.05, 0.1) is 6.04 Å². The van der Waals surface area contributed by atoms with Gasteiger partial charge in [-0.05, 0) is 34.1 Å². The van der Waals surface area contributed by atoms with Crippen LogP contribution in [0.1, 0.15) is 53.9 Å². The Hall–Kier alpha value is -1.26. The Bertz CT molecular complexity index is 271. The lowest BCUT2D eigenvalue weighted by atomic mass is 10.2. The van der Waals surface area contributed by atoms with E-state index in [-0.39, 0.29) is 18.6 Å². The lowest BCUT2D eigenvalue weighted by Crippen LogP contribution is -2.40. The molecule has 1 amide bonds. The van der Waals surface area contributed by atoms with Gasteiger partial charge in [-0.3, -0.25) is 4.79 Å². The van der Waals surface area contributed by atoms with Gasteiger partial charge in [-0.1, -0.05) is 13.3 Å². The van der Waals surface area contributed by atoms with Crippen LogP contribution < -0.4 is 5.32 Å². The van der Waals surface area contributed by atoms with Crippen molar-refractivity contribution in [3.05, 3.63) is 0 Å². The molecule has 0 aromatic rings. The molecule has 1 unspecified atom stereocenters. The van der Waals surface area contributed by atoms with Gasteiger partial charge in [0.2, 0.25) is 0 Å². The molecule has 0 saturated carbocycles. The molecule has 1 atom stereocenters. The van der Waals surface area contributed by atoms with Crippen LogP contribution in [0.2, 0.25) is 0 Å². The first-order valence-corrected chi connectivity index (χ1v) is 6.39. The minimum Gasteiger partial charge on any atom is -0.463 e. The molecular formula is C13H25NO4. The molecule has 5 heteroatoms. The molecule has 0 heterocycles. The van der Waals surface area contributed by atoms with Crippen LogP contribution in [0.25, 0.3) is 0 Å². The number of hydrogen-bond donors (Lipinski definition) is 1. The second kappa shape index (κ2) is 7.95. The normalized spacial score (nSPS) is 12.7. The van der Waals surface area contributed by atoms with Gasteiger partial charge in [-0.15, -0.1) is 0 Å². The van der Waals surface area contributed by atoms with Crippen molar-refractivity contribution >= 4 is 12.1 Å². The number of rotatable bonds is 6. The molecule has 0 aliphatic rings. The van der Waals surface area contributed by atoms with E-state index in [0.29, 0.717) is 6.42 Å². The summed E-state index contributed by atoms with van der Waals surface area (Å²) in [4.78, 5) is 22.7. The van der Waals surface area contributed by atoms with Crippen molar-refractivity contribution in [3.63, 3.8) is 0 Å². The topological polar surface area (TPSA) is 64.6 Å². The Morgan fingerprint density at radius 1 is 1.28 bits per heavy atom. The van der Waals surface area contributed by atoms with Crippen LogP contribution in [0.5, 0.6) is 0 Å². The zero-order valence-electron chi connectivity index (χ0n) is 12.0. The number of ether oxygens (including phenoxy) is 2. The number of alkyl carbamates (subject to hydrolysis) is 1. The predicted molar refractivity (Wildman–Crippen MR) is 69.3 cm³/mol. The fraction of sp³-hybridized carbons (Fsp3) is 0.846. The second-order valence-corrected chi connectivity index (χ2v) is 5.33. The van der Waals surface area contributed by atoms with Crippen molar-refractivity contribution in [1.82, 2.24) is 5.32 Å². The third-order valence-corrected chi connectivity index (χ3v) is 1.99. The summed E-state index contributed by atoms with van der Waals surface area (Å²) >= 11 is 0. The molecule has 0 aliphatic heterocycles. The Morgan fingerprint density at radius 3 is 2.39 bits per heavy atom. The fourth-order valence-corrected chi connectivity index (χ4v) is 1.16. The molecule has 5 nitrogen and oxygen atoms in total. The van der Waals surface area contributed by atoms with Gasteiger partial charge < -0.3 is 14.8 Å². The van der Waals surface area contributed by atoms with Gasteiger partial charge in [-0.25, -0.2) is 4.79 Å². The van der Waals surface area contributed by atoms with Crippen molar-refractivity contribution in [3.8, 4) is 0 Å². The molecule has 0 radical (unpaired) electrons. The van der Waals surface area contributed by atoms with E-state index < -0.39 is 11.7 Å². The van der Waals surface area contributed by atoms with Crippen LogP contribution in [0.4, 0.5) is 4.79 Å². The smallest absolute Gasteiger partial charge is 0.407 e. The highest BCUT2D eigenvalue weighted by molar-refractivity contribution is 5.70. The zero-order chi connectivity index (χ0) is 14.2. The standard InChI is InChI=1S/C13H25NO4/c1-6-7-8-11(15)17-9-10(2)14-12(16)18-13(3,4)5/h10H,6-9H2,1-5H3,(H,14,16). The van der Waals surface area contributed by atoms with Crippen LogP contribution in [-0.2, 0) is 14.3 Å². The van der Waals surface area contributed by atoms with Gasteiger partial charge in [0.1, 0.15) is 12.2 Å². The molecule has 0 aromatic carbocycles. The van der Waals surface area contributed by atoms with E-state index in [1.54, 1.807) is 27.7 Å². The van der Waals surface area contributed by atoms with E-state index in [1.807, 2.05) is 6.92 Å². The maximum atomic E-state index is 11.4. The Kier molecular flexibility index (Phi) is 7.39. The summed E-state index contributed by atoms with van der Waals surface area (Å²) in [5.74, 6) is -0.227. The third kappa shape index (κ3) is 9.93. The Labute approximate surface area is 109 Å². The highest BCUT2D eigenvalue weighted by Gasteiger charge is 2.18. The highest BCUT2D eigenvalue weighted by Crippen LogP contribution is 2.06. The molecule has 0 aliphatic carbocycles. The van der Waals surface area contributed by atoms with E-state index in [9.17, 15) is 9.59 Å². The summed E-state index contributed by atoms with van der Waals surface area (Å²) in [6, 6.07) is -0.259.